The Labute approximate surface area is 93.2 Å². The first kappa shape index (κ1) is 12.5. The van der Waals surface area contributed by atoms with Crippen molar-refractivity contribution in [3.8, 4) is 0 Å². The van der Waals surface area contributed by atoms with Crippen LogP contribution < -0.4 is 5.32 Å². The molecule has 1 fully saturated rings. The molecule has 1 saturated heterocycles. The highest BCUT2D eigenvalue weighted by molar-refractivity contribution is 5.78. The molecule has 0 radical (unpaired) electrons. The molecular formula is C12H24N2O. The standard InChI is InChI=1S/C12H24N2O/c1-4-10-7-12(15)14(8-10)9-11(5-2)13-6-3/h10-11,13H,4-9H2,1-3H3. The molecule has 0 spiro atoms. The summed E-state index contributed by atoms with van der Waals surface area (Å²) in [5.74, 6) is 0.940. The zero-order chi connectivity index (χ0) is 11.3. The summed E-state index contributed by atoms with van der Waals surface area (Å²) in [6.07, 6.45) is 2.98. The summed E-state index contributed by atoms with van der Waals surface area (Å²) in [4.78, 5) is 13.7. The van der Waals surface area contributed by atoms with Gasteiger partial charge in [0, 0.05) is 25.6 Å². The average Bonchev–Trinajstić information content (AvgIpc) is 2.59. The summed E-state index contributed by atoms with van der Waals surface area (Å²) in [5.41, 5.74) is 0. The highest BCUT2D eigenvalue weighted by Crippen LogP contribution is 2.20. The van der Waals surface area contributed by atoms with Crippen LogP contribution in [0.5, 0.6) is 0 Å². The van der Waals surface area contributed by atoms with E-state index in [1.54, 1.807) is 0 Å². The quantitative estimate of drug-likeness (QED) is 0.726. The Hall–Kier alpha value is -0.570. The molecule has 0 bridgehead atoms. The maximum Gasteiger partial charge on any atom is 0.222 e. The molecule has 15 heavy (non-hydrogen) atoms. The van der Waals surface area contributed by atoms with Crippen LogP contribution in [0, 0.1) is 5.92 Å². The van der Waals surface area contributed by atoms with Gasteiger partial charge in [0.25, 0.3) is 0 Å². The van der Waals surface area contributed by atoms with Crippen LogP contribution in [0.2, 0.25) is 0 Å². The number of nitrogens with zero attached hydrogens (tertiary/aromatic N) is 1. The molecule has 3 nitrogen and oxygen atoms in total. The van der Waals surface area contributed by atoms with E-state index in [2.05, 4.69) is 26.1 Å². The lowest BCUT2D eigenvalue weighted by atomic mass is 10.1. The average molecular weight is 212 g/mol. The van der Waals surface area contributed by atoms with Gasteiger partial charge < -0.3 is 10.2 Å². The van der Waals surface area contributed by atoms with Crippen LogP contribution in [0.25, 0.3) is 0 Å². The number of hydrogen-bond acceptors (Lipinski definition) is 2. The van der Waals surface area contributed by atoms with E-state index in [-0.39, 0.29) is 0 Å². The Morgan fingerprint density at radius 3 is 2.67 bits per heavy atom. The molecule has 1 amide bonds. The summed E-state index contributed by atoms with van der Waals surface area (Å²) < 4.78 is 0. The van der Waals surface area contributed by atoms with Gasteiger partial charge in [0.2, 0.25) is 5.91 Å². The number of likely N-dealkylation sites (tertiary alicyclic amines) is 1. The largest absolute Gasteiger partial charge is 0.341 e. The van der Waals surface area contributed by atoms with Gasteiger partial charge in [-0.25, -0.2) is 0 Å². The van der Waals surface area contributed by atoms with Crippen LogP contribution in [0.15, 0.2) is 0 Å². The minimum atomic E-state index is 0.346. The molecule has 1 N–H and O–H groups in total. The molecule has 2 atom stereocenters. The first-order chi connectivity index (χ1) is 7.21. The van der Waals surface area contributed by atoms with Gasteiger partial charge in [0.05, 0.1) is 0 Å². The van der Waals surface area contributed by atoms with Crippen LogP contribution in [-0.2, 0) is 4.79 Å². The Balaban J connectivity index is 2.40. The first-order valence-corrected chi connectivity index (χ1v) is 6.22. The van der Waals surface area contributed by atoms with Crippen molar-refractivity contribution in [1.82, 2.24) is 10.2 Å². The van der Waals surface area contributed by atoms with E-state index < -0.39 is 0 Å². The number of nitrogens with one attached hydrogen (secondary N) is 1. The molecule has 0 aromatic rings. The molecule has 0 aromatic carbocycles. The smallest absolute Gasteiger partial charge is 0.222 e. The van der Waals surface area contributed by atoms with E-state index in [9.17, 15) is 4.79 Å². The molecule has 0 saturated carbocycles. The lowest BCUT2D eigenvalue weighted by Gasteiger charge is -2.23. The van der Waals surface area contributed by atoms with E-state index in [1.807, 2.05) is 4.90 Å². The molecule has 1 aliphatic heterocycles. The first-order valence-electron chi connectivity index (χ1n) is 6.22. The van der Waals surface area contributed by atoms with Gasteiger partial charge in [-0.3, -0.25) is 4.79 Å². The molecule has 0 aliphatic carbocycles. The normalized spacial score (nSPS) is 23.5. The lowest BCUT2D eigenvalue weighted by Crippen LogP contribution is -2.41. The number of amides is 1. The second-order valence-corrected chi connectivity index (χ2v) is 4.44. The maximum absolute atomic E-state index is 11.7. The lowest BCUT2D eigenvalue weighted by molar-refractivity contribution is -0.128. The Morgan fingerprint density at radius 1 is 1.47 bits per heavy atom. The number of carbonyl (C=O) groups is 1. The monoisotopic (exact) mass is 212 g/mol. The summed E-state index contributed by atoms with van der Waals surface area (Å²) in [6, 6.07) is 0.467. The van der Waals surface area contributed by atoms with Gasteiger partial charge in [-0.1, -0.05) is 27.2 Å². The van der Waals surface area contributed by atoms with Crippen LogP contribution in [0.1, 0.15) is 40.0 Å². The molecule has 3 heteroatoms. The Bertz CT molecular complexity index is 206. The van der Waals surface area contributed by atoms with Crippen molar-refractivity contribution in [2.24, 2.45) is 5.92 Å². The van der Waals surface area contributed by atoms with Gasteiger partial charge in [0.1, 0.15) is 0 Å². The van der Waals surface area contributed by atoms with Crippen LogP contribution in [0.3, 0.4) is 0 Å². The van der Waals surface area contributed by atoms with Gasteiger partial charge >= 0.3 is 0 Å². The van der Waals surface area contributed by atoms with Crippen molar-refractivity contribution in [1.29, 1.82) is 0 Å². The molecule has 1 aliphatic rings. The number of rotatable bonds is 6. The molecule has 0 aromatic heterocycles. The number of carbonyl (C=O) groups excluding carboxylic acids is 1. The van der Waals surface area contributed by atoms with E-state index in [0.717, 1.165) is 38.9 Å². The van der Waals surface area contributed by atoms with Crippen molar-refractivity contribution >= 4 is 5.91 Å². The Morgan fingerprint density at radius 2 is 2.20 bits per heavy atom. The summed E-state index contributed by atoms with van der Waals surface area (Å²) in [6.45, 7) is 9.30. The van der Waals surface area contributed by atoms with Crippen molar-refractivity contribution in [3.05, 3.63) is 0 Å². The van der Waals surface area contributed by atoms with Crippen LogP contribution in [0.4, 0.5) is 0 Å². The minimum Gasteiger partial charge on any atom is -0.341 e. The van der Waals surface area contributed by atoms with Crippen LogP contribution in [-0.4, -0.2) is 36.5 Å². The third kappa shape index (κ3) is 3.49. The third-order valence-corrected chi connectivity index (χ3v) is 3.30. The van der Waals surface area contributed by atoms with Crippen molar-refractivity contribution in [2.45, 2.75) is 46.1 Å². The molecule has 88 valence electrons. The SMILES string of the molecule is CCNC(CC)CN1CC(CC)CC1=O. The van der Waals surface area contributed by atoms with Crippen molar-refractivity contribution in [3.63, 3.8) is 0 Å². The van der Waals surface area contributed by atoms with E-state index in [0.29, 0.717) is 17.9 Å². The number of likely N-dealkylation sites (N-methyl/N-ethyl adjacent to an activating group) is 1. The van der Waals surface area contributed by atoms with E-state index >= 15 is 0 Å². The number of hydrogen-bond donors (Lipinski definition) is 1. The predicted octanol–water partition coefficient (Wildman–Crippen LogP) is 1.63. The van der Waals surface area contributed by atoms with E-state index in [1.165, 1.54) is 0 Å². The Kier molecular flexibility index (Phi) is 5.09. The zero-order valence-corrected chi connectivity index (χ0v) is 10.3. The van der Waals surface area contributed by atoms with Crippen molar-refractivity contribution in [2.75, 3.05) is 19.6 Å². The fourth-order valence-corrected chi connectivity index (χ4v) is 2.20. The summed E-state index contributed by atoms with van der Waals surface area (Å²) in [5, 5.41) is 3.42. The van der Waals surface area contributed by atoms with Crippen molar-refractivity contribution < 1.29 is 4.79 Å². The van der Waals surface area contributed by atoms with Gasteiger partial charge in [-0.2, -0.15) is 0 Å². The van der Waals surface area contributed by atoms with Crippen LogP contribution >= 0.6 is 0 Å². The summed E-state index contributed by atoms with van der Waals surface area (Å²) in [7, 11) is 0. The second-order valence-electron chi connectivity index (χ2n) is 4.44. The highest BCUT2D eigenvalue weighted by atomic mass is 16.2. The zero-order valence-electron chi connectivity index (χ0n) is 10.3. The fourth-order valence-electron chi connectivity index (χ4n) is 2.20. The fraction of sp³-hybridized carbons (Fsp3) is 0.917. The minimum absolute atomic E-state index is 0.346. The summed E-state index contributed by atoms with van der Waals surface area (Å²) >= 11 is 0. The highest BCUT2D eigenvalue weighted by Gasteiger charge is 2.29. The molecular weight excluding hydrogens is 188 g/mol. The predicted molar refractivity (Wildman–Crippen MR) is 62.7 cm³/mol. The second kappa shape index (κ2) is 6.11. The third-order valence-electron chi connectivity index (χ3n) is 3.30. The molecule has 2 unspecified atom stereocenters. The maximum atomic E-state index is 11.7. The topological polar surface area (TPSA) is 32.3 Å². The van der Waals surface area contributed by atoms with E-state index in [4.69, 9.17) is 0 Å². The van der Waals surface area contributed by atoms with Gasteiger partial charge in [-0.15, -0.1) is 0 Å². The molecule has 1 heterocycles. The van der Waals surface area contributed by atoms with Gasteiger partial charge in [-0.05, 0) is 18.9 Å². The van der Waals surface area contributed by atoms with Gasteiger partial charge in [0.15, 0.2) is 0 Å². The molecule has 1 rings (SSSR count).